The number of carbonyl (C=O) groups excluding carboxylic acids is 1. The first-order valence-electron chi connectivity index (χ1n) is 8.23. The number of hydrogen-bond donors (Lipinski definition) is 2. The van der Waals surface area contributed by atoms with Crippen molar-refractivity contribution in [2.75, 3.05) is 24.0 Å². The van der Waals surface area contributed by atoms with Crippen LogP contribution in [-0.4, -0.2) is 33.6 Å². The van der Waals surface area contributed by atoms with Crippen LogP contribution in [-0.2, 0) is 11.0 Å². The number of halogens is 3. The number of thioether (sulfide) groups is 1. The summed E-state index contributed by atoms with van der Waals surface area (Å²) in [7, 11) is 1.56. The molecular formula is C18H16F3N5O2S. The quantitative estimate of drug-likeness (QED) is 0.466. The van der Waals surface area contributed by atoms with Crippen LogP contribution < -0.4 is 15.9 Å². The van der Waals surface area contributed by atoms with Crippen molar-refractivity contribution in [1.82, 2.24) is 14.9 Å². The number of methoxy groups -OCH3 is 1. The number of nitrogens with two attached hydrogens (primary N) is 1. The zero-order valence-corrected chi connectivity index (χ0v) is 15.9. The van der Waals surface area contributed by atoms with E-state index in [2.05, 4.69) is 15.5 Å². The highest BCUT2D eigenvalue weighted by molar-refractivity contribution is 7.99. The molecule has 0 aliphatic rings. The maximum absolute atomic E-state index is 12.7. The van der Waals surface area contributed by atoms with Crippen molar-refractivity contribution in [3.63, 3.8) is 0 Å². The molecule has 0 bridgehead atoms. The first kappa shape index (κ1) is 20.5. The van der Waals surface area contributed by atoms with Crippen LogP contribution in [0.3, 0.4) is 0 Å². The van der Waals surface area contributed by atoms with Crippen LogP contribution >= 0.6 is 11.8 Å². The predicted octanol–water partition coefficient (Wildman–Crippen LogP) is 3.42. The summed E-state index contributed by atoms with van der Waals surface area (Å²) in [4.78, 5) is 12.1. The van der Waals surface area contributed by atoms with Crippen LogP contribution in [0.5, 0.6) is 5.75 Å². The lowest BCUT2D eigenvalue weighted by molar-refractivity contribution is -0.137. The number of rotatable bonds is 6. The first-order chi connectivity index (χ1) is 13.8. The zero-order valence-electron chi connectivity index (χ0n) is 15.1. The van der Waals surface area contributed by atoms with Crippen LogP contribution in [0, 0.1) is 0 Å². The molecule has 0 aliphatic carbocycles. The number of aromatic nitrogens is 3. The Morgan fingerprint density at radius 3 is 2.59 bits per heavy atom. The van der Waals surface area contributed by atoms with E-state index in [9.17, 15) is 18.0 Å². The molecule has 0 radical (unpaired) electrons. The monoisotopic (exact) mass is 423 g/mol. The van der Waals surface area contributed by atoms with Gasteiger partial charge in [-0.15, -0.1) is 10.2 Å². The van der Waals surface area contributed by atoms with Gasteiger partial charge in [0.05, 0.1) is 18.4 Å². The van der Waals surface area contributed by atoms with E-state index < -0.39 is 17.6 Å². The highest BCUT2D eigenvalue weighted by atomic mass is 32.2. The molecule has 1 aromatic heterocycles. The number of anilines is 1. The van der Waals surface area contributed by atoms with E-state index >= 15 is 0 Å². The predicted molar refractivity (Wildman–Crippen MR) is 103 cm³/mol. The van der Waals surface area contributed by atoms with Crippen molar-refractivity contribution in [2.24, 2.45) is 0 Å². The van der Waals surface area contributed by atoms with E-state index in [0.29, 0.717) is 17.1 Å². The Labute approximate surface area is 168 Å². The van der Waals surface area contributed by atoms with E-state index in [1.54, 1.807) is 31.4 Å². The molecule has 7 nitrogen and oxygen atoms in total. The molecule has 0 saturated carbocycles. The van der Waals surface area contributed by atoms with Gasteiger partial charge in [0.25, 0.3) is 0 Å². The van der Waals surface area contributed by atoms with Crippen molar-refractivity contribution in [2.45, 2.75) is 11.3 Å². The number of hydrogen-bond acceptors (Lipinski definition) is 6. The lowest BCUT2D eigenvalue weighted by Gasteiger charge is -2.09. The van der Waals surface area contributed by atoms with Crippen LogP contribution in [0.15, 0.2) is 53.7 Å². The average Bonchev–Trinajstić information content (AvgIpc) is 3.06. The lowest BCUT2D eigenvalue weighted by Crippen LogP contribution is -2.17. The summed E-state index contributed by atoms with van der Waals surface area (Å²) in [5, 5.41) is 10.7. The Morgan fingerprint density at radius 1 is 1.21 bits per heavy atom. The fourth-order valence-electron chi connectivity index (χ4n) is 2.41. The summed E-state index contributed by atoms with van der Waals surface area (Å²) in [5.74, 6) is 6.47. The van der Waals surface area contributed by atoms with E-state index in [1.165, 1.54) is 16.8 Å². The highest BCUT2D eigenvalue weighted by Gasteiger charge is 2.30. The van der Waals surface area contributed by atoms with Gasteiger partial charge in [0, 0.05) is 11.3 Å². The van der Waals surface area contributed by atoms with Gasteiger partial charge in [-0.25, -0.2) is 4.68 Å². The van der Waals surface area contributed by atoms with Gasteiger partial charge in [-0.3, -0.25) is 4.79 Å². The molecule has 2 aromatic carbocycles. The maximum atomic E-state index is 12.7. The maximum Gasteiger partial charge on any atom is 0.416 e. The standard InChI is InChI=1S/C18H16F3N5O2S/c1-28-14-7-5-11(6-8-14)16-24-25-17(26(16)22)29-10-15(27)23-13-4-2-3-12(9-13)18(19,20)21/h2-9H,10,22H2,1H3,(H,23,27). The van der Waals surface area contributed by atoms with E-state index in [4.69, 9.17) is 10.6 Å². The minimum Gasteiger partial charge on any atom is -0.497 e. The molecule has 1 amide bonds. The molecular weight excluding hydrogens is 407 g/mol. The minimum absolute atomic E-state index is 0.0542. The summed E-state index contributed by atoms with van der Waals surface area (Å²) in [6, 6.07) is 11.4. The van der Waals surface area contributed by atoms with Gasteiger partial charge in [0.2, 0.25) is 11.1 Å². The summed E-state index contributed by atoms with van der Waals surface area (Å²) < 4.78 is 44.6. The van der Waals surface area contributed by atoms with Crippen molar-refractivity contribution in [1.29, 1.82) is 0 Å². The molecule has 3 rings (SSSR count). The van der Waals surface area contributed by atoms with Gasteiger partial charge in [-0.2, -0.15) is 13.2 Å². The van der Waals surface area contributed by atoms with E-state index in [0.717, 1.165) is 23.9 Å². The molecule has 0 aliphatic heterocycles. The molecule has 1 heterocycles. The third-order valence-electron chi connectivity index (χ3n) is 3.82. The second-order valence-electron chi connectivity index (χ2n) is 5.82. The molecule has 11 heteroatoms. The number of nitrogens with one attached hydrogen (secondary N) is 1. The molecule has 0 saturated heterocycles. The Bertz CT molecular complexity index is 1010. The average molecular weight is 423 g/mol. The number of nitrogen functional groups attached to an aromatic ring is 1. The fourth-order valence-corrected chi connectivity index (χ4v) is 3.07. The summed E-state index contributed by atoms with van der Waals surface area (Å²) in [6.07, 6.45) is -4.48. The second kappa shape index (κ2) is 8.43. The number of amides is 1. The van der Waals surface area contributed by atoms with E-state index in [1.807, 2.05) is 0 Å². The number of ether oxygens (including phenoxy) is 1. The zero-order chi connectivity index (χ0) is 21.0. The van der Waals surface area contributed by atoms with Crippen molar-refractivity contribution in [3.05, 3.63) is 54.1 Å². The Balaban J connectivity index is 1.63. The molecule has 0 atom stereocenters. The van der Waals surface area contributed by atoms with Crippen LogP contribution in [0.1, 0.15) is 5.56 Å². The lowest BCUT2D eigenvalue weighted by atomic mass is 10.2. The summed E-state index contributed by atoms with van der Waals surface area (Å²) >= 11 is 1.01. The molecule has 0 unspecified atom stereocenters. The van der Waals surface area contributed by atoms with Gasteiger partial charge >= 0.3 is 6.18 Å². The highest BCUT2D eigenvalue weighted by Crippen LogP contribution is 2.30. The molecule has 3 N–H and O–H groups in total. The van der Waals surface area contributed by atoms with Crippen LogP contribution in [0.2, 0.25) is 0 Å². The van der Waals surface area contributed by atoms with Gasteiger partial charge < -0.3 is 15.9 Å². The van der Waals surface area contributed by atoms with Crippen molar-refractivity contribution in [3.8, 4) is 17.1 Å². The topological polar surface area (TPSA) is 95.1 Å². The normalized spacial score (nSPS) is 11.3. The van der Waals surface area contributed by atoms with Crippen LogP contribution in [0.4, 0.5) is 18.9 Å². The SMILES string of the molecule is COc1ccc(-c2nnc(SCC(=O)Nc3cccc(C(F)(F)F)c3)n2N)cc1. The Hall–Kier alpha value is -3.21. The number of nitrogens with zero attached hydrogens (tertiary/aromatic N) is 3. The van der Waals surface area contributed by atoms with E-state index in [-0.39, 0.29) is 16.6 Å². The number of alkyl halides is 3. The van der Waals surface area contributed by atoms with Crippen molar-refractivity contribution < 1.29 is 22.7 Å². The summed E-state index contributed by atoms with van der Waals surface area (Å²) in [5.41, 5.74) is -0.0755. The number of carbonyl (C=O) groups is 1. The van der Waals surface area contributed by atoms with Gasteiger partial charge in [-0.05, 0) is 42.5 Å². The number of benzene rings is 2. The molecule has 152 valence electrons. The smallest absolute Gasteiger partial charge is 0.416 e. The van der Waals surface area contributed by atoms with Gasteiger partial charge in [0.15, 0.2) is 5.82 Å². The molecule has 0 spiro atoms. The Morgan fingerprint density at radius 2 is 1.93 bits per heavy atom. The third kappa shape index (κ3) is 4.99. The fraction of sp³-hybridized carbons (Fsp3) is 0.167. The van der Waals surface area contributed by atoms with Gasteiger partial charge in [-0.1, -0.05) is 17.8 Å². The molecule has 29 heavy (non-hydrogen) atoms. The first-order valence-corrected chi connectivity index (χ1v) is 9.21. The minimum atomic E-state index is -4.48. The van der Waals surface area contributed by atoms with Gasteiger partial charge in [0.1, 0.15) is 5.75 Å². The second-order valence-corrected chi connectivity index (χ2v) is 6.76. The van der Waals surface area contributed by atoms with Crippen LogP contribution in [0.25, 0.3) is 11.4 Å². The third-order valence-corrected chi connectivity index (χ3v) is 4.76. The largest absolute Gasteiger partial charge is 0.497 e. The molecule has 3 aromatic rings. The Kier molecular flexibility index (Phi) is 5.97. The van der Waals surface area contributed by atoms with Crippen molar-refractivity contribution >= 4 is 23.4 Å². The summed E-state index contributed by atoms with van der Waals surface area (Å²) in [6.45, 7) is 0. The molecule has 0 fully saturated rings.